The standard InChI is InChI=1S/C16H30O3/c17-15-13-11-9-7-5-3-1-2-4-6-8-10-12-14-16(18)19/h3,5,17H,1-2,4,6-15H2,(H,18,19)/b5-3+. The molecule has 0 saturated carbocycles. The first-order valence-electron chi connectivity index (χ1n) is 7.75. The first-order valence-corrected chi connectivity index (χ1v) is 7.75. The van der Waals surface area contributed by atoms with Gasteiger partial charge in [-0.15, -0.1) is 0 Å². The number of hydrogen-bond donors (Lipinski definition) is 2. The number of hydrogen-bond acceptors (Lipinski definition) is 2. The van der Waals surface area contributed by atoms with E-state index in [9.17, 15) is 4.79 Å². The van der Waals surface area contributed by atoms with Crippen LogP contribution in [0.4, 0.5) is 0 Å². The van der Waals surface area contributed by atoms with E-state index in [0.717, 1.165) is 44.9 Å². The second-order valence-corrected chi connectivity index (χ2v) is 5.10. The Bertz CT molecular complexity index is 224. The first-order chi connectivity index (χ1) is 9.27. The van der Waals surface area contributed by atoms with E-state index in [0.29, 0.717) is 13.0 Å². The number of carbonyl (C=O) groups is 1. The fourth-order valence-electron chi connectivity index (χ4n) is 2.03. The highest BCUT2D eigenvalue weighted by molar-refractivity contribution is 5.66. The maximum atomic E-state index is 10.3. The van der Waals surface area contributed by atoms with Crippen LogP contribution in [0, 0.1) is 0 Å². The van der Waals surface area contributed by atoms with E-state index >= 15 is 0 Å². The summed E-state index contributed by atoms with van der Waals surface area (Å²) >= 11 is 0. The summed E-state index contributed by atoms with van der Waals surface area (Å²) in [6, 6.07) is 0. The van der Waals surface area contributed by atoms with Gasteiger partial charge in [-0.1, -0.05) is 44.3 Å². The van der Waals surface area contributed by atoms with Gasteiger partial charge in [0.1, 0.15) is 0 Å². The lowest BCUT2D eigenvalue weighted by atomic mass is 10.1. The van der Waals surface area contributed by atoms with Crippen molar-refractivity contribution in [2.75, 3.05) is 6.61 Å². The number of unbranched alkanes of at least 4 members (excludes halogenated alkanes) is 9. The fourth-order valence-corrected chi connectivity index (χ4v) is 2.03. The minimum Gasteiger partial charge on any atom is -0.481 e. The second kappa shape index (κ2) is 15.2. The third-order valence-electron chi connectivity index (χ3n) is 3.21. The van der Waals surface area contributed by atoms with Crippen molar-refractivity contribution in [3.8, 4) is 0 Å². The number of aliphatic hydroxyl groups excluding tert-OH is 1. The van der Waals surface area contributed by atoms with Gasteiger partial charge in [-0.05, 0) is 38.5 Å². The van der Waals surface area contributed by atoms with Crippen molar-refractivity contribution >= 4 is 5.97 Å². The van der Waals surface area contributed by atoms with E-state index in [1.54, 1.807) is 0 Å². The molecule has 0 aliphatic heterocycles. The lowest BCUT2D eigenvalue weighted by molar-refractivity contribution is -0.137. The molecule has 112 valence electrons. The molecule has 0 spiro atoms. The normalized spacial score (nSPS) is 11.2. The summed E-state index contributed by atoms with van der Waals surface area (Å²) < 4.78 is 0. The molecular formula is C16H30O3. The number of rotatable bonds is 14. The Balaban J connectivity index is 3.05. The third-order valence-corrected chi connectivity index (χ3v) is 3.21. The maximum absolute atomic E-state index is 10.3. The zero-order valence-corrected chi connectivity index (χ0v) is 12.1. The largest absolute Gasteiger partial charge is 0.481 e. The predicted octanol–water partition coefficient (Wildman–Crippen LogP) is 4.30. The van der Waals surface area contributed by atoms with Crippen LogP contribution in [-0.4, -0.2) is 22.8 Å². The van der Waals surface area contributed by atoms with Crippen molar-refractivity contribution < 1.29 is 15.0 Å². The Hall–Kier alpha value is -0.830. The molecule has 0 aliphatic rings. The van der Waals surface area contributed by atoms with Crippen LogP contribution in [0.15, 0.2) is 12.2 Å². The molecule has 0 saturated heterocycles. The lowest BCUT2D eigenvalue weighted by Crippen LogP contribution is -1.93. The number of aliphatic carboxylic acids is 1. The van der Waals surface area contributed by atoms with Gasteiger partial charge in [0.15, 0.2) is 0 Å². The summed E-state index contributed by atoms with van der Waals surface area (Å²) in [5.74, 6) is -0.677. The molecule has 0 aromatic rings. The average Bonchev–Trinajstić information content (AvgIpc) is 2.39. The second-order valence-electron chi connectivity index (χ2n) is 5.10. The lowest BCUT2D eigenvalue weighted by Gasteiger charge is -1.99. The Morgan fingerprint density at radius 2 is 1.21 bits per heavy atom. The highest BCUT2D eigenvalue weighted by Gasteiger charge is 1.96. The molecule has 3 nitrogen and oxygen atoms in total. The number of aliphatic hydroxyl groups is 1. The van der Waals surface area contributed by atoms with Gasteiger partial charge < -0.3 is 10.2 Å². The quantitative estimate of drug-likeness (QED) is 0.365. The van der Waals surface area contributed by atoms with E-state index in [1.165, 1.54) is 25.7 Å². The van der Waals surface area contributed by atoms with E-state index in [2.05, 4.69) is 12.2 Å². The van der Waals surface area contributed by atoms with Gasteiger partial charge in [-0.2, -0.15) is 0 Å². The molecular weight excluding hydrogens is 240 g/mol. The van der Waals surface area contributed by atoms with Crippen LogP contribution in [0.25, 0.3) is 0 Å². The number of carboxylic acid groups (broad SMARTS) is 1. The SMILES string of the molecule is O=C(O)CCCCCCCC/C=C/CCCCCO. The maximum Gasteiger partial charge on any atom is 0.303 e. The molecule has 0 heterocycles. The van der Waals surface area contributed by atoms with Gasteiger partial charge in [0.25, 0.3) is 0 Å². The Kier molecular flexibility index (Phi) is 14.6. The van der Waals surface area contributed by atoms with Gasteiger partial charge in [-0.25, -0.2) is 0 Å². The predicted molar refractivity (Wildman–Crippen MR) is 79.3 cm³/mol. The van der Waals surface area contributed by atoms with Crippen molar-refractivity contribution in [2.24, 2.45) is 0 Å². The zero-order chi connectivity index (χ0) is 14.2. The van der Waals surface area contributed by atoms with Crippen LogP contribution >= 0.6 is 0 Å². The van der Waals surface area contributed by atoms with Crippen LogP contribution in [-0.2, 0) is 4.79 Å². The topological polar surface area (TPSA) is 57.5 Å². The van der Waals surface area contributed by atoms with Crippen LogP contribution in [0.5, 0.6) is 0 Å². The Morgan fingerprint density at radius 1 is 0.737 bits per heavy atom. The highest BCUT2D eigenvalue weighted by Crippen LogP contribution is 2.09. The van der Waals surface area contributed by atoms with E-state index < -0.39 is 5.97 Å². The minimum atomic E-state index is -0.677. The van der Waals surface area contributed by atoms with Crippen molar-refractivity contribution in [1.29, 1.82) is 0 Å². The monoisotopic (exact) mass is 270 g/mol. The Morgan fingerprint density at radius 3 is 1.74 bits per heavy atom. The molecule has 0 bridgehead atoms. The molecule has 0 aliphatic carbocycles. The molecule has 0 aromatic heterocycles. The van der Waals surface area contributed by atoms with Gasteiger partial charge in [0.2, 0.25) is 0 Å². The molecule has 0 atom stereocenters. The smallest absolute Gasteiger partial charge is 0.303 e. The third kappa shape index (κ3) is 17.2. The number of carboxylic acids is 1. The van der Waals surface area contributed by atoms with Crippen molar-refractivity contribution in [1.82, 2.24) is 0 Å². The molecule has 0 radical (unpaired) electrons. The summed E-state index contributed by atoms with van der Waals surface area (Å²) in [6.45, 7) is 0.316. The summed E-state index contributed by atoms with van der Waals surface area (Å²) in [5, 5.41) is 17.1. The molecule has 0 rings (SSSR count). The zero-order valence-electron chi connectivity index (χ0n) is 12.1. The fraction of sp³-hybridized carbons (Fsp3) is 0.812. The van der Waals surface area contributed by atoms with Gasteiger partial charge >= 0.3 is 5.97 Å². The van der Waals surface area contributed by atoms with E-state index in [1.807, 2.05) is 0 Å². The van der Waals surface area contributed by atoms with Crippen molar-refractivity contribution in [3.05, 3.63) is 12.2 Å². The molecule has 0 aromatic carbocycles. The van der Waals surface area contributed by atoms with E-state index in [4.69, 9.17) is 10.2 Å². The molecule has 19 heavy (non-hydrogen) atoms. The van der Waals surface area contributed by atoms with Gasteiger partial charge in [0.05, 0.1) is 0 Å². The minimum absolute atomic E-state index is 0.316. The average molecular weight is 270 g/mol. The molecule has 3 heteroatoms. The summed E-state index contributed by atoms with van der Waals surface area (Å²) in [6.07, 6.45) is 17.1. The molecule has 0 unspecified atom stereocenters. The van der Waals surface area contributed by atoms with E-state index in [-0.39, 0.29) is 0 Å². The highest BCUT2D eigenvalue weighted by atomic mass is 16.4. The number of allylic oxidation sites excluding steroid dienone is 2. The van der Waals surface area contributed by atoms with Gasteiger partial charge in [-0.3, -0.25) is 4.79 Å². The van der Waals surface area contributed by atoms with Crippen LogP contribution in [0.3, 0.4) is 0 Å². The summed E-state index contributed by atoms with van der Waals surface area (Å²) in [5.41, 5.74) is 0. The molecule has 0 fully saturated rings. The Labute approximate surface area is 117 Å². The first kappa shape index (κ1) is 18.2. The summed E-state index contributed by atoms with van der Waals surface area (Å²) in [7, 11) is 0. The molecule has 2 N–H and O–H groups in total. The van der Waals surface area contributed by atoms with Gasteiger partial charge in [0, 0.05) is 13.0 Å². The van der Waals surface area contributed by atoms with Crippen LogP contribution < -0.4 is 0 Å². The molecule has 0 amide bonds. The van der Waals surface area contributed by atoms with Crippen LogP contribution in [0.2, 0.25) is 0 Å². The summed E-state index contributed by atoms with van der Waals surface area (Å²) in [4.78, 5) is 10.3. The van der Waals surface area contributed by atoms with Crippen molar-refractivity contribution in [3.63, 3.8) is 0 Å². The van der Waals surface area contributed by atoms with Crippen molar-refractivity contribution in [2.45, 2.75) is 77.0 Å². The van der Waals surface area contributed by atoms with Crippen LogP contribution in [0.1, 0.15) is 77.0 Å².